The van der Waals surface area contributed by atoms with Crippen LogP contribution in [0, 0.1) is 5.92 Å². The summed E-state index contributed by atoms with van der Waals surface area (Å²) in [5.41, 5.74) is 0.786. The van der Waals surface area contributed by atoms with Crippen LogP contribution in [0.3, 0.4) is 0 Å². The van der Waals surface area contributed by atoms with Crippen molar-refractivity contribution in [2.75, 3.05) is 25.0 Å². The van der Waals surface area contributed by atoms with Crippen LogP contribution in [-0.2, 0) is 10.0 Å². The Hall–Kier alpha value is -1.93. The zero-order chi connectivity index (χ0) is 17.3. The summed E-state index contributed by atoms with van der Waals surface area (Å²) in [5, 5.41) is 2.22. The molecule has 3 heterocycles. The van der Waals surface area contributed by atoms with Gasteiger partial charge in [-0.15, -0.1) is 0 Å². The number of fused-ring (bicyclic) bond motifs is 1. The van der Waals surface area contributed by atoms with Crippen LogP contribution in [0.15, 0.2) is 30.1 Å². The SMILES string of the molecule is CC=CS(=O)(=O)N1CC[C@@H](C)[C@@H](N(C)c2ncnc3[nH]ccc23)C1. The topological polar surface area (TPSA) is 82.2 Å². The highest BCUT2D eigenvalue weighted by Gasteiger charge is 2.34. The number of hydrogen-bond acceptors (Lipinski definition) is 5. The van der Waals surface area contributed by atoms with Crippen LogP contribution in [-0.4, -0.2) is 53.9 Å². The number of nitrogens with zero attached hydrogens (tertiary/aromatic N) is 4. The lowest BCUT2D eigenvalue weighted by Crippen LogP contribution is -2.52. The fourth-order valence-corrected chi connectivity index (χ4v) is 4.55. The second-order valence-corrected chi connectivity index (χ2v) is 8.07. The van der Waals surface area contributed by atoms with E-state index in [0.717, 1.165) is 23.3 Å². The fourth-order valence-electron chi connectivity index (χ4n) is 3.31. The van der Waals surface area contributed by atoms with E-state index in [4.69, 9.17) is 0 Å². The minimum absolute atomic E-state index is 0.0618. The molecule has 0 radical (unpaired) electrons. The van der Waals surface area contributed by atoms with Gasteiger partial charge in [0.25, 0.3) is 0 Å². The molecule has 24 heavy (non-hydrogen) atoms. The predicted octanol–water partition coefficient (Wildman–Crippen LogP) is 1.97. The molecule has 0 aliphatic carbocycles. The Bertz CT molecular complexity index is 845. The molecular formula is C16H23N5O2S. The summed E-state index contributed by atoms with van der Waals surface area (Å²) >= 11 is 0. The highest BCUT2D eigenvalue weighted by molar-refractivity contribution is 7.92. The van der Waals surface area contributed by atoms with Crippen molar-refractivity contribution in [2.45, 2.75) is 26.3 Å². The lowest BCUT2D eigenvalue weighted by molar-refractivity contribution is 0.249. The van der Waals surface area contributed by atoms with Crippen molar-refractivity contribution in [1.82, 2.24) is 19.3 Å². The maximum absolute atomic E-state index is 12.4. The van der Waals surface area contributed by atoms with Crippen molar-refractivity contribution >= 4 is 26.9 Å². The Kier molecular flexibility index (Phi) is 4.60. The largest absolute Gasteiger partial charge is 0.354 e. The summed E-state index contributed by atoms with van der Waals surface area (Å²) in [4.78, 5) is 13.8. The van der Waals surface area contributed by atoms with Gasteiger partial charge in [0.1, 0.15) is 17.8 Å². The lowest BCUT2D eigenvalue weighted by atomic mass is 9.93. The summed E-state index contributed by atoms with van der Waals surface area (Å²) in [7, 11) is -1.38. The number of nitrogens with one attached hydrogen (secondary N) is 1. The minimum Gasteiger partial charge on any atom is -0.354 e. The summed E-state index contributed by atoms with van der Waals surface area (Å²) in [6.45, 7) is 4.90. The van der Waals surface area contributed by atoms with Crippen LogP contribution in [0.5, 0.6) is 0 Å². The maximum Gasteiger partial charge on any atom is 0.235 e. The first-order chi connectivity index (χ1) is 11.4. The van der Waals surface area contributed by atoms with E-state index in [2.05, 4.69) is 26.8 Å². The Labute approximate surface area is 142 Å². The van der Waals surface area contributed by atoms with Crippen LogP contribution in [0.4, 0.5) is 5.82 Å². The highest BCUT2D eigenvalue weighted by Crippen LogP contribution is 2.29. The monoisotopic (exact) mass is 349 g/mol. The molecule has 0 bridgehead atoms. The average Bonchev–Trinajstić information content (AvgIpc) is 3.03. The normalized spacial score (nSPS) is 23.1. The zero-order valence-electron chi connectivity index (χ0n) is 14.2. The number of likely N-dealkylation sites (N-methyl/N-ethyl adjacent to an activating group) is 1. The Morgan fingerprint density at radius 2 is 2.21 bits per heavy atom. The van der Waals surface area contributed by atoms with Gasteiger partial charge in [0.15, 0.2) is 0 Å². The van der Waals surface area contributed by atoms with Crippen molar-refractivity contribution in [3.63, 3.8) is 0 Å². The van der Waals surface area contributed by atoms with Gasteiger partial charge in [0, 0.05) is 37.8 Å². The molecule has 1 aliphatic rings. The fraction of sp³-hybridized carbons (Fsp3) is 0.500. The Morgan fingerprint density at radius 1 is 1.42 bits per heavy atom. The van der Waals surface area contributed by atoms with Crippen molar-refractivity contribution in [1.29, 1.82) is 0 Å². The van der Waals surface area contributed by atoms with Gasteiger partial charge in [0.2, 0.25) is 10.0 Å². The summed E-state index contributed by atoms with van der Waals surface area (Å²) in [6.07, 6.45) is 5.77. The van der Waals surface area contributed by atoms with Crippen LogP contribution >= 0.6 is 0 Å². The number of aromatic amines is 1. The molecule has 0 spiro atoms. The Morgan fingerprint density at radius 3 is 2.96 bits per heavy atom. The number of rotatable bonds is 4. The molecule has 1 N–H and O–H groups in total. The summed E-state index contributed by atoms with van der Waals surface area (Å²) in [5.74, 6) is 1.19. The third-order valence-corrected chi connectivity index (χ3v) is 6.38. The van der Waals surface area contributed by atoms with E-state index in [1.807, 2.05) is 19.3 Å². The van der Waals surface area contributed by atoms with E-state index in [9.17, 15) is 8.42 Å². The standard InChI is InChI=1S/C16H23N5O2S/c1-4-9-24(22,23)21-8-6-12(2)14(10-21)20(3)16-13-5-7-17-15(13)18-11-19-16/h4-5,7,9,11-12,14H,6,8,10H2,1-3H3,(H,17,18,19)/t12-,14+/m1/s1. The smallest absolute Gasteiger partial charge is 0.235 e. The zero-order valence-corrected chi connectivity index (χ0v) is 15.0. The first kappa shape index (κ1) is 16.9. The van der Waals surface area contributed by atoms with E-state index in [-0.39, 0.29) is 6.04 Å². The molecule has 0 unspecified atom stereocenters. The van der Waals surface area contributed by atoms with Crippen LogP contribution in [0.25, 0.3) is 11.0 Å². The predicted molar refractivity (Wildman–Crippen MR) is 95.2 cm³/mol. The van der Waals surface area contributed by atoms with Crippen LogP contribution in [0.1, 0.15) is 20.3 Å². The molecule has 1 aliphatic heterocycles. The minimum atomic E-state index is -3.35. The molecule has 0 amide bonds. The summed E-state index contributed by atoms with van der Waals surface area (Å²) in [6, 6.07) is 2.01. The molecule has 0 saturated carbocycles. The molecule has 2 aromatic heterocycles. The number of anilines is 1. The number of H-pyrrole nitrogens is 1. The van der Waals surface area contributed by atoms with Crippen molar-refractivity contribution in [3.05, 3.63) is 30.1 Å². The van der Waals surface area contributed by atoms with Gasteiger partial charge in [-0.3, -0.25) is 0 Å². The molecule has 3 rings (SSSR count). The molecule has 7 nitrogen and oxygen atoms in total. The molecule has 1 fully saturated rings. The highest BCUT2D eigenvalue weighted by atomic mass is 32.2. The van der Waals surface area contributed by atoms with E-state index in [0.29, 0.717) is 19.0 Å². The number of allylic oxidation sites excluding steroid dienone is 1. The molecule has 8 heteroatoms. The molecule has 2 atom stereocenters. The second-order valence-electron chi connectivity index (χ2n) is 6.25. The third kappa shape index (κ3) is 3.03. The molecule has 0 aromatic carbocycles. The van der Waals surface area contributed by atoms with Gasteiger partial charge in [-0.1, -0.05) is 13.0 Å². The number of piperidine rings is 1. The van der Waals surface area contributed by atoms with E-state index < -0.39 is 10.0 Å². The first-order valence-corrected chi connectivity index (χ1v) is 9.58. The number of aromatic nitrogens is 3. The van der Waals surface area contributed by atoms with Crippen LogP contribution < -0.4 is 4.90 Å². The maximum atomic E-state index is 12.4. The van der Waals surface area contributed by atoms with Crippen molar-refractivity contribution < 1.29 is 8.42 Å². The molecular weight excluding hydrogens is 326 g/mol. The second kappa shape index (κ2) is 6.52. The number of sulfonamides is 1. The van der Waals surface area contributed by atoms with E-state index >= 15 is 0 Å². The molecule has 2 aromatic rings. The third-order valence-electron chi connectivity index (χ3n) is 4.71. The van der Waals surface area contributed by atoms with E-state index in [1.165, 1.54) is 11.7 Å². The van der Waals surface area contributed by atoms with Crippen molar-refractivity contribution in [3.8, 4) is 0 Å². The van der Waals surface area contributed by atoms with Gasteiger partial charge in [0.05, 0.1) is 5.39 Å². The molecule has 130 valence electrons. The molecule has 1 saturated heterocycles. The van der Waals surface area contributed by atoms with Gasteiger partial charge >= 0.3 is 0 Å². The number of hydrogen-bond donors (Lipinski definition) is 1. The summed E-state index contributed by atoms with van der Waals surface area (Å²) < 4.78 is 26.3. The quantitative estimate of drug-likeness (QED) is 0.912. The average molecular weight is 349 g/mol. The van der Waals surface area contributed by atoms with Gasteiger partial charge < -0.3 is 9.88 Å². The lowest BCUT2D eigenvalue weighted by Gasteiger charge is -2.41. The van der Waals surface area contributed by atoms with Crippen LogP contribution in [0.2, 0.25) is 0 Å². The van der Waals surface area contributed by atoms with Crippen molar-refractivity contribution in [2.24, 2.45) is 5.92 Å². The Balaban J connectivity index is 1.90. The van der Waals surface area contributed by atoms with Gasteiger partial charge in [-0.05, 0) is 25.3 Å². The van der Waals surface area contributed by atoms with Gasteiger partial charge in [-0.2, -0.15) is 4.31 Å². The van der Waals surface area contributed by atoms with E-state index in [1.54, 1.807) is 17.3 Å². The first-order valence-electron chi connectivity index (χ1n) is 8.08. The van der Waals surface area contributed by atoms with Gasteiger partial charge in [-0.25, -0.2) is 18.4 Å².